The first-order chi connectivity index (χ1) is 7.62. The lowest BCUT2D eigenvalue weighted by Gasteiger charge is -2.28. The van der Waals surface area contributed by atoms with Crippen LogP contribution in [-0.4, -0.2) is 45.7 Å². The Labute approximate surface area is 97.7 Å². The third-order valence-corrected chi connectivity index (χ3v) is 5.48. The molecule has 0 saturated carbocycles. The van der Waals surface area contributed by atoms with Crippen LogP contribution >= 0.6 is 0 Å². The molecule has 0 spiro atoms. The summed E-state index contributed by atoms with van der Waals surface area (Å²) < 4.78 is 28.4. The Morgan fingerprint density at radius 3 is 2.69 bits per heavy atom. The number of hydrogen-bond donors (Lipinski definition) is 1. The molecule has 94 valence electrons. The zero-order valence-corrected chi connectivity index (χ0v) is 10.6. The Kier molecular flexibility index (Phi) is 3.87. The first kappa shape index (κ1) is 12.3. The summed E-state index contributed by atoms with van der Waals surface area (Å²) in [4.78, 5) is 0. The van der Waals surface area contributed by atoms with Crippen LogP contribution in [0.2, 0.25) is 0 Å². The largest absolute Gasteiger partial charge is 0.381 e. The monoisotopic (exact) mass is 247 g/mol. The van der Waals surface area contributed by atoms with Crippen molar-refractivity contribution in [2.45, 2.75) is 25.8 Å². The summed E-state index contributed by atoms with van der Waals surface area (Å²) in [5, 5.41) is 3.46. The van der Waals surface area contributed by atoms with Crippen molar-refractivity contribution in [1.29, 1.82) is 0 Å². The Hall–Kier alpha value is -0.130. The standard InChI is InChI=1S/C11H21NO3S/c1-2-12-11(9-3-5-15-7-9)10-4-6-16(13,14)8-10/h9-12H,2-8H2,1H3. The van der Waals surface area contributed by atoms with Gasteiger partial charge in [-0.2, -0.15) is 0 Å². The summed E-state index contributed by atoms with van der Waals surface area (Å²) in [5.74, 6) is 1.52. The lowest BCUT2D eigenvalue weighted by molar-refractivity contribution is 0.167. The van der Waals surface area contributed by atoms with Crippen LogP contribution in [0.1, 0.15) is 19.8 Å². The van der Waals surface area contributed by atoms with E-state index < -0.39 is 9.84 Å². The van der Waals surface area contributed by atoms with Gasteiger partial charge >= 0.3 is 0 Å². The topological polar surface area (TPSA) is 55.4 Å². The average Bonchev–Trinajstić information content (AvgIpc) is 2.83. The van der Waals surface area contributed by atoms with Crippen LogP contribution in [0.3, 0.4) is 0 Å². The maximum Gasteiger partial charge on any atom is 0.150 e. The molecule has 2 aliphatic heterocycles. The van der Waals surface area contributed by atoms with Crippen LogP contribution in [0.4, 0.5) is 0 Å². The van der Waals surface area contributed by atoms with E-state index in [2.05, 4.69) is 12.2 Å². The summed E-state index contributed by atoms with van der Waals surface area (Å²) in [5.41, 5.74) is 0. The zero-order valence-electron chi connectivity index (χ0n) is 9.81. The Morgan fingerprint density at radius 1 is 1.38 bits per heavy atom. The second-order valence-electron chi connectivity index (χ2n) is 4.87. The highest BCUT2D eigenvalue weighted by molar-refractivity contribution is 7.91. The Morgan fingerprint density at radius 2 is 2.19 bits per heavy atom. The van der Waals surface area contributed by atoms with E-state index in [4.69, 9.17) is 4.74 Å². The molecule has 0 aliphatic carbocycles. The van der Waals surface area contributed by atoms with Crippen molar-refractivity contribution < 1.29 is 13.2 Å². The molecule has 4 nitrogen and oxygen atoms in total. The van der Waals surface area contributed by atoms with Gasteiger partial charge < -0.3 is 10.1 Å². The zero-order chi connectivity index (χ0) is 11.6. The first-order valence-electron chi connectivity index (χ1n) is 6.14. The highest BCUT2D eigenvalue weighted by atomic mass is 32.2. The predicted octanol–water partition coefficient (Wildman–Crippen LogP) is 0.436. The molecule has 16 heavy (non-hydrogen) atoms. The van der Waals surface area contributed by atoms with Gasteiger partial charge in [-0.05, 0) is 25.3 Å². The van der Waals surface area contributed by atoms with Crippen molar-refractivity contribution in [3.8, 4) is 0 Å². The Balaban J connectivity index is 2.01. The fourth-order valence-electron chi connectivity index (χ4n) is 2.90. The van der Waals surface area contributed by atoms with Crippen LogP contribution in [0, 0.1) is 11.8 Å². The van der Waals surface area contributed by atoms with Crippen LogP contribution in [0.15, 0.2) is 0 Å². The van der Waals surface area contributed by atoms with E-state index in [9.17, 15) is 8.42 Å². The summed E-state index contributed by atoms with van der Waals surface area (Å²) in [6.07, 6.45) is 1.88. The van der Waals surface area contributed by atoms with Crippen LogP contribution < -0.4 is 5.32 Å². The third-order valence-electron chi connectivity index (χ3n) is 3.69. The fraction of sp³-hybridized carbons (Fsp3) is 1.00. The van der Waals surface area contributed by atoms with Crippen molar-refractivity contribution >= 4 is 9.84 Å². The maximum atomic E-state index is 11.5. The smallest absolute Gasteiger partial charge is 0.150 e. The predicted molar refractivity (Wildman–Crippen MR) is 63.2 cm³/mol. The molecule has 3 unspecified atom stereocenters. The summed E-state index contributed by atoms with van der Waals surface area (Å²) >= 11 is 0. The molecule has 2 aliphatic rings. The molecule has 0 radical (unpaired) electrons. The normalized spacial score (nSPS) is 35.3. The quantitative estimate of drug-likeness (QED) is 0.783. The van der Waals surface area contributed by atoms with E-state index in [1.165, 1.54) is 0 Å². The van der Waals surface area contributed by atoms with E-state index in [1.807, 2.05) is 0 Å². The summed E-state index contributed by atoms with van der Waals surface area (Å²) in [6.45, 7) is 4.59. The lowest BCUT2D eigenvalue weighted by atomic mass is 9.87. The summed E-state index contributed by atoms with van der Waals surface area (Å²) in [7, 11) is -2.77. The van der Waals surface area contributed by atoms with Gasteiger partial charge in [0.1, 0.15) is 0 Å². The molecule has 2 heterocycles. The van der Waals surface area contributed by atoms with Gasteiger partial charge in [-0.15, -0.1) is 0 Å². The van der Waals surface area contributed by atoms with E-state index in [0.717, 1.165) is 32.6 Å². The van der Waals surface area contributed by atoms with Gasteiger partial charge in [-0.3, -0.25) is 0 Å². The average molecular weight is 247 g/mol. The van der Waals surface area contributed by atoms with Crippen molar-refractivity contribution in [2.75, 3.05) is 31.3 Å². The highest BCUT2D eigenvalue weighted by Crippen LogP contribution is 2.29. The van der Waals surface area contributed by atoms with E-state index in [-0.39, 0.29) is 5.92 Å². The van der Waals surface area contributed by atoms with E-state index in [0.29, 0.717) is 23.5 Å². The van der Waals surface area contributed by atoms with Gasteiger partial charge in [0.05, 0.1) is 18.1 Å². The number of hydrogen-bond acceptors (Lipinski definition) is 4. The molecule has 2 rings (SSSR count). The molecule has 3 atom stereocenters. The number of sulfone groups is 1. The third kappa shape index (κ3) is 2.76. The van der Waals surface area contributed by atoms with Gasteiger partial charge in [-0.25, -0.2) is 8.42 Å². The molecular formula is C11H21NO3S. The van der Waals surface area contributed by atoms with Crippen LogP contribution in [-0.2, 0) is 14.6 Å². The van der Waals surface area contributed by atoms with Crippen LogP contribution in [0.5, 0.6) is 0 Å². The second kappa shape index (κ2) is 5.02. The maximum absolute atomic E-state index is 11.5. The molecule has 0 aromatic rings. The minimum Gasteiger partial charge on any atom is -0.381 e. The van der Waals surface area contributed by atoms with Gasteiger partial charge in [-0.1, -0.05) is 6.92 Å². The fourth-order valence-corrected chi connectivity index (χ4v) is 4.75. The van der Waals surface area contributed by atoms with E-state index in [1.54, 1.807) is 0 Å². The van der Waals surface area contributed by atoms with Gasteiger partial charge in [0.25, 0.3) is 0 Å². The molecular weight excluding hydrogens is 226 g/mol. The molecule has 0 aromatic heterocycles. The van der Waals surface area contributed by atoms with Crippen molar-refractivity contribution in [2.24, 2.45) is 11.8 Å². The van der Waals surface area contributed by atoms with Gasteiger partial charge in [0.15, 0.2) is 9.84 Å². The lowest BCUT2D eigenvalue weighted by Crippen LogP contribution is -2.43. The van der Waals surface area contributed by atoms with Gasteiger partial charge in [0.2, 0.25) is 0 Å². The summed E-state index contributed by atoms with van der Waals surface area (Å²) in [6, 6.07) is 0.324. The minimum absolute atomic E-state index is 0.289. The molecule has 2 fully saturated rings. The van der Waals surface area contributed by atoms with Crippen molar-refractivity contribution in [3.05, 3.63) is 0 Å². The SMILES string of the molecule is CCNC(C1CCOC1)C1CCS(=O)(=O)C1. The molecule has 1 N–H and O–H groups in total. The molecule has 0 bridgehead atoms. The molecule has 5 heteroatoms. The number of ether oxygens (including phenoxy) is 1. The van der Waals surface area contributed by atoms with Crippen molar-refractivity contribution in [1.82, 2.24) is 5.32 Å². The second-order valence-corrected chi connectivity index (χ2v) is 7.10. The van der Waals surface area contributed by atoms with E-state index >= 15 is 0 Å². The molecule has 0 amide bonds. The number of rotatable bonds is 4. The number of nitrogens with one attached hydrogen (secondary N) is 1. The highest BCUT2D eigenvalue weighted by Gasteiger charge is 2.38. The first-order valence-corrected chi connectivity index (χ1v) is 7.96. The molecule has 0 aromatic carbocycles. The minimum atomic E-state index is -2.77. The Bertz CT molecular complexity index is 322. The van der Waals surface area contributed by atoms with Gasteiger partial charge in [0, 0.05) is 18.6 Å². The van der Waals surface area contributed by atoms with Crippen molar-refractivity contribution in [3.63, 3.8) is 0 Å². The molecule has 2 saturated heterocycles. The van der Waals surface area contributed by atoms with Crippen LogP contribution in [0.25, 0.3) is 0 Å².